The Balaban J connectivity index is 2.92. The molecular formula is C15H23N3O2S. The normalized spacial score (nSPS) is 10.9. The minimum Gasteiger partial charge on any atom is -0.496 e. The van der Waals surface area contributed by atoms with Crippen molar-refractivity contribution in [1.82, 2.24) is 4.90 Å². The summed E-state index contributed by atoms with van der Waals surface area (Å²) in [6, 6.07) is 5.67. The van der Waals surface area contributed by atoms with Crippen molar-refractivity contribution < 1.29 is 9.53 Å². The molecular weight excluding hydrogens is 286 g/mol. The number of nitrogens with two attached hydrogens (primary N) is 2. The summed E-state index contributed by atoms with van der Waals surface area (Å²) in [6.45, 7) is 5.85. The fourth-order valence-corrected chi connectivity index (χ4v) is 2.39. The Hall–Kier alpha value is -1.66. The van der Waals surface area contributed by atoms with Gasteiger partial charge in [0.2, 0.25) is 5.91 Å². The Labute approximate surface area is 131 Å². The number of carbonyl (C=O) groups is 1. The number of ether oxygens (including phenoxy) is 1. The zero-order valence-corrected chi connectivity index (χ0v) is 13.6. The first-order valence-corrected chi connectivity index (χ1v) is 7.21. The van der Waals surface area contributed by atoms with E-state index in [1.54, 1.807) is 7.11 Å². The van der Waals surface area contributed by atoms with Crippen molar-refractivity contribution in [2.45, 2.75) is 20.4 Å². The van der Waals surface area contributed by atoms with E-state index in [1.807, 2.05) is 23.1 Å². The number of hydrogen-bond donors (Lipinski definition) is 2. The first-order valence-electron chi connectivity index (χ1n) is 6.80. The van der Waals surface area contributed by atoms with E-state index < -0.39 is 0 Å². The van der Waals surface area contributed by atoms with E-state index in [2.05, 4.69) is 13.8 Å². The van der Waals surface area contributed by atoms with Crippen molar-refractivity contribution in [1.29, 1.82) is 0 Å². The van der Waals surface area contributed by atoms with Gasteiger partial charge in [0, 0.05) is 13.1 Å². The smallest absolute Gasteiger partial charge is 0.231 e. The second-order valence-electron chi connectivity index (χ2n) is 5.43. The molecule has 0 saturated heterocycles. The minimum absolute atomic E-state index is 0.234. The van der Waals surface area contributed by atoms with Crippen LogP contribution in [0.15, 0.2) is 18.2 Å². The summed E-state index contributed by atoms with van der Waals surface area (Å²) in [6.07, 6.45) is 0. The molecule has 5 nitrogen and oxygen atoms in total. The lowest BCUT2D eigenvalue weighted by atomic mass is 10.1. The highest BCUT2D eigenvalue weighted by Gasteiger charge is 2.13. The van der Waals surface area contributed by atoms with Gasteiger partial charge in [0.05, 0.1) is 19.2 Å². The highest BCUT2D eigenvalue weighted by Crippen LogP contribution is 2.21. The van der Waals surface area contributed by atoms with Gasteiger partial charge in [0.25, 0.3) is 0 Å². The van der Waals surface area contributed by atoms with Crippen molar-refractivity contribution in [2.24, 2.45) is 17.4 Å². The van der Waals surface area contributed by atoms with Gasteiger partial charge in [-0.25, -0.2) is 0 Å². The molecule has 0 fully saturated rings. The second kappa shape index (κ2) is 7.95. The third kappa shape index (κ3) is 5.69. The van der Waals surface area contributed by atoms with Crippen LogP contribution >= 0.6 is 12.2 Å². The summed E-state index contributed by atoms with van der Waals surface area (Å²) in [5.41, 5.74) is 12.7. The Morgan fingerprint density at radius 1 is 1.38 bits per heavy atom. The maximum absolute atomic E-state index is 11.2. The monoisotopic (exact) mass is 309 g/mol. The quantitative estimate of drug-likeness (QED) is 0.707. The average molecular weight is 309 g/mol. The number of thiocarbonyl (C=S) groups is 1. The predicted molar refractivity (Wildman–Crippen MR) is 88.2 cm³/mol. The highest BCUT2D eigenvalue weighted by molar-refractivity contribution is 7.80. The van der Waals surface area contributed by atoms with Crippen LogP contribution < -0.4 is 16.2 Å². The number of carbonyl (C=O) groups excluding carboxylic acids is 1. The predicted octanol–water partition coefficient (Wildman–Crippen LogP) is 1.27. The van der Waals surface area contributed by atoms with E-state index in [-0.39, 0.29) is 12.5 Å². The fourth-order valence-electron chi connectivity index (χ4n) is 2.22. The fraction of sp³-hybridized carbons (Fsp3) is 0.467. The van der Waals surface area contributed by atoms with Crippen LogP contribution in [0.1, 0.15) is 25.0 Å². The standard InChI is InChI=1S/C15H23N3O2S/c1-10(2)7-18(9-14(16)19)8-11-4-5-12(15(17)21)13(6-11)20-3/h4-6,10H,7-9H2,1-3H3,(H2,16,19)(H2,17,21). The number of nitrogens with zero attached hydrogens (tertiary/aromatic N) is 1. The molecule has 0 aliphatic heterocycles. The summed E-state index contributed by atoms with van der Waals surface area (Å²) in [4.78, 5) is 13.5. The molecule has 6 heteroatoms. The maximum atomic E-state index is 11.2. The third-order valence-electron chi connectivity index (χ3n) is 2.94. The topological polar surface area (TPSA) is 81.6 Å². The van der Waals surface area contributed by atoms with Crippen molar-refractivity contribution in [3.8, 4) is 5.75 Å². The molecule has 0 saturated carbocycles. The largest absolute Gasteiger partial charge is 0.496 e. The molecule has 0 radical (unpaired) electrons. The molecule has 116 valence electrons. The Morgan fingerprint density at radius 3 is 2.52 bits per heavy atom. The molecule has 21 heavy (non-hydrogen) atoms. The Kier molecular flexibility index (Phi) is 6.58. The lowest BCUT2D eigenvalue weighted by molar-refractivity contribution is -0.119. The van der Waals surface area contributed by atoms with Crippen molar-refractivity contribution in [3.63, 3.8) is 0 Å². The van der Waals surface area contributed by atoms with E-state index in [0.717, 1.165) is 12.1 Å². The first-order chi connectivity index (χ1) is 9.83. The van der Waals surface area contributed by atoms with E-state index in [0.29, 0.717) is 28.8 Å². The molecule has 0 unspecified atom stereocenters. The molecule has 4 N–H and O–H groups in total. The van der Waals surface area contributed by atoms with Gasteiger partial charge in [-0.2, -0.15) is 0 Å². The van der Waals surface area contributed by atoms with Crippen LogP contribution in [-0.2, 0) is 11.3 Å². The van der Waals surface area contributed by atoms with Crippen LogP contribution in [0, 0.1) is 5.92 Å². The zero-order chi connectivity index (χ0) is 16.0. The maximum Gasteiger partial charge on any atom is 0.231 e. The van der Waals surface area contributed by atoms with Gasteiger partial charge in [0.1, 0.15) is 10.7 Å². The summed E-state index contributed by atoms with van der Waals surface area (Å²) in [5.74, 6) is 0.757. The van der Waals surface area contributed by atoms with Gasteiger partial charge in [-0.1, -0.05) is 32.1 Å². The molecule has 0 spiro atoms. The van der Waals surface area contributed by atoms with Crippen molar-refractivity contribution in [3.05, 3.63) is 29.3 Å². The molecule has 1 rings (SSSR count). The number of benzene rings is 1. The van der Waals surface area contributed by atoms with E-state index in [9.17, 15) is 4.79 Å². The van der Waals surface area contributed by atoms with Gasteiger partial charge in [-0.05, 0) is 23.6 Å². The molecule has 0 aliphatic rings. The van der Waals surface area contributed by atoms with Gasteiger partial charge in [0.15, 0.2) is 0 Å². The lowest BCUT2D eigenvalue weighted by Crippen LogP contribution is -2.35. The van der Waals surface area contributed by atoms with Gasteiger partial charge < -0.3 is 16.2 Å². The lowest BCUT2D eigenvalue weighted by Gasteiger charge is -2.23. The molecule has 0 bridgehead atoms. The molecule has 1 amide bonds. The molecule has 0 atom stereocenters. The molecule has 0 heterocycles. The molecule has 0 aromatic heterocycles. The minimum atomic E-state index is -0.331. The third-order valence-corrected chi connectivity index (χ3v) is 3.16. The van der Waals surface area contributed by atoms with E-state index in [1.165, 1.54) is 0 Å². The van der Waals surface area contributed by atoms with E-state index in [4.69, 9.17) is 28.4 Å². The number of methoxy groups -OCH3 is 1. The van der Waals surface area contributed by atoms with Crippen LogP contribution in [0.2, 0.25) is 0 Å². The number of primary amides is 1. The van der Waals surface area contributed by atoms with Crippen LogP contribution in [0.5, 0.6) is 5.75 Å². The molecule has 1 aromatic carbocycles. The Bertz CT molecular complexity index is 518. The summed E-state index contributed by atoms with van der Waals surface area (Å²) in [7, 11) is 1.58. The molecule has 1 aromatic rings. The van der Waals surface area contributed by atoms with Crippen LogP contribution in [0.4, 0.5) is 0 Å². The highest BCUT2D eigenvalue weighted by atomic mass is 32.1. The van der Waals surface area contributed by atoms with Crippen LogP contribution in [-0.4, -0.2) is 36.0 Å². The van der Waals surface area contributed by atoms with Gasteiger partial charge in [-0.3, -0.25) is 9.69 Å². The second-order valence-corrected chi connectivity index (χ2v) is 5.87. The SMILES string of the molecule is COc1cc(CN(CC(N)=O)CC(C)C)ccc1C(N)=S. The first kappa shape index (κ1) is 17.4. The number of amides is 1. The molecule has 0 aliphatic carbocycles. The van der Waals surface area contributed by atoms with Crippen LogP contribution in [0.25, 0.3) is 0 Å². The zero-order valence-electron chi connectivity index (χ0n) is 12.8. The van der Waals surface area contributed by atoms with Crippen molar-refractivity contribution >= 4 is 23.1 Å². The summed E-state index contributed by atoms with van der Waals surface area (Å²) in [5, 5.41) is 0. The van der Waals surface area contributed by atoms with Gasteiger partial charge in [-0.15, -0.1) is 0 Å². The summed E-state index contributed by atoms with van der Waals surface area (Å²) >= 11 is 4.99. The van der Waals surface area contributed by atoms with Gasteiger partial charge >= 0.3 is 0 Å². The van der Waals surface area contributed by atoms with E-state index >= 15 is 0 Å². The number of hydrogen-bond acceptors (Lipinski definition) is 4. The van der Waals surface area contributed by atoms with Crippen LogP contribution in [0.3, 0.4) is 0 Å². The van der Waals surface area contributed by atoms with Crippen molar-refractivity contribution in [2.75, 3.05) is 20.2 Å². The Morgan fingerprint density at radius 2 is 2.05 bits per heavy atom. The summed E-state index contributed by atoms with van der Waals surface area (Å²) < 4.78 is 5.31. The number of rotatable bonds is 8. The average Bonchev–Trinajstić information content (AvgIpc) is 2.36.